The summed E-state index contributed by atoms with van der Waals surface area (Å²) in [5.41, 5.74) is -0.973. The van der Waals surface area contributed by atoms with Gasteiger partial charge in [-0.1, -0.05) is 0 Å². The number of nitrogens with zero attached hydrogens (tertiary/aromatic N) is 1. The molecule has 0 spiro atoms. The number of nitro groups is 1. The van der Waals surface area contributed by atoms with Gasteiger partial charge in [0.05, 0.1) is 12.0 Å². The van der Waals surface area contributed by atoms with E-state index in [0.29, 0.717) is 6.07 Å². The summed E-state index contributed by atoms with van der Waals surface area (Å²) < 4.78 is 49.7. The Labute approximate surface area is 116 Å². The quantitative estimate of drug-likeness (QED) is 0.636. The molecule has 2 rings (SSSR count). The molecule has 8 heteroatoms. The summed E-state index contributed by atoms with van der Waals surface area (Å²) >= 11 is 0. The van der Waals surface area contributed by atoms with E-state index in [4.69, 9.17) is 9.47 Å². The zero-order chi connectivity index (χ0) is 15.6. The number of hydrogen-bond donors (Lipinski definition) is 0. The number of nitro benzene ring substituents is 1. The number of rotatable bonds is 4. The molecule has 0 aliphatic carbocycles. The third kappa shape index (κ3) is 3.04. The van der Waals surface area contributed by atoms with E-state index in [-0.39, 0.29) is 5.75 Å². The highest BCUT2D eigenvalue weighted by atomic mass is 19.1. The molecule has 0 saturated heterocycles. The Morgan fingerprint density at radius 3 is 2.33 bits per heavy atom. The maximum Gasteiger partial charge on any atom is 0.347 e. The van der Waals surface area contributed by atoms with E-state index >= 15 is 0 Å². The van der Waals surface area contributed by atoms with Crippen molar-refractivity contribution in [3.05, 3.63) is 57.9 Å². The molecule has 21 heavy (non-hydrogen) atoms. The predicted molar refractivity (Wildman–Crippen MR) is 66.0 cm³/mol. The molecule has 0 atom stereocenters. The standard InChI is InChI=1S/C13H8F3NO4/c1-20-8-5-10(16)13(17(18)19)12(6-8)21-11-3-2-7(14)4-9(11)15/h2-6H,1H3. The average Bonchev–Trinajstić information content (AvgIpc) is 2.40. The molecular formula is C13H8F3NO4. The Bertz CT molecular complexity index is 706. The van der Waals surface area contributed by atoms with Gasteiger partial charge in [-0.25, -0.2) is 8.78 Å². The second kappa shape index (κ2) is 5.70. The molecule has 5 nitrogen and oxygen atoms in total. The van der Waals surface area contributed by atoms with E-state index in [1.54, 1.807) is 0 Å². The van der Waals surface area contributed by atoms with E-state index in [9.17, 15) is 23.3 Å². The van der Waals surface area contributed by atoms with E-state index in [2.05, 4.69) is 0 Å². The van der Waals surface area contributed by atoms with E-state index in [1.165, 1.54) is 7.11 Å². The first-order chi connectivity index (χ1) is 9.92. The maximum absolute atomic E-state index is 13.7. The van der Waals surface area contributed by atoms with Crippen molar-refractivity contribution < 1.29 is 27.6 Å². The summed E-state index contributed by atoms with van der Waals surface area (Å²) in [5.74, 6) is -4.19. The minimum Gasteiger partial charge on any atom is -0.497 e. The lowest BCUT2D eigenvalue weighted by molar-refractivity contribution is -0.388. The second-order valence-corrected chi connectivity index (χ2v) is 3.89. The van der Waals surface area contributed by atoms with Crippen LogP contribution in [0.25, 0.3) is 0 Å². The Balaban J connectivity index is 2.51. The van der Waals surface area contributed by atoms with Crippen LogP contribution in [0.15, 0.2) is 30.3 Å². The highest BCUT2D eigenvalue weighted by Crippen LogP contribution is 2.37. The van der Waals surface area contributed by atoms with Crippen LogP contribution < -0.4 is 9.47 Å². The smallest absolute Gasteiger partial charge is 0.347 e. The topological polar surface area (TPSA) is 61.6 Å². The fourth-order valence-electron chi connectivity index (χ4n) is 1.60. The molecule has 110 valence electrons. The first kappa shape index (κ1) is 14.6. The molecule has 2 aromatic carbocycles. The lowest BCUT2D eigenvalue weighted by Gasteiger charge is -2.09. The molecular weight excluding hydrogens is 291 g/mol. The number of ether oxygens (including phenoxy) is 2. The molecule has 0 heterocycles. The number of hydrogen-bond acceptors (Lipinski definition) is 4. The Kier molecular flexibility index (Phi) is 3.97. The molecule has 0 saturated carbocycles. The Morgan fingerprint density at radius 2 is 1.76 bits per heavy atom. The molecule has 0 aliphatic rings. The van der Waals surface area contributed by atoms with Gasteiger partial charge in [-0.3, -0.25) is 10.1 Å². The third-order valence-corrected chi connectivity index (χ3v) is 2.53. The van der Waals surface area contributed by atoms with E-state index in [0.717, 1.165) is 24.3 Å². The summed E-state index contributed by atoms with van der Waals surface area (Å²) in [6.07, 6.45) is 0. The van der Waals surface area contributed by atoms with E-state index in [1.807, 2.05) is 0 Å². The number of methoxy groups -OCH3 is 1. The first-order valence-corrected chi connectivity index (χ1v) is 5.57. The van der Waals surface area contributed by atoms with Crippen LogP contribution in [0, 0.1) is 27.6 Å². The maximum atomic E-state index is 13.7. The highest BCUT2D eigenvalue weighted by Gasteiger charge is 2.25. The van der Waals surface area contributed by atoms with Crippen LogP contribution in [0.5, 0.6) is 17.2 Å². The molecule has 0 fully saturated rings. The fraction of sp³-hybridized carbons (Fsp3) is 0.0769. The van der Waals surface area contributed by atoms with Crippen molar-refractivity contribution in [3.63, 3.8) is 0 Å². The molecule has 0 N–H and O–H groups in total. The van der Waals surface area contributed by atoms with Crippen molar-refractivity contribution >= 4 is 5.69 Å². The summed E-state index contributed by atoms with van der Waals surface area (Å²) in [6.45, 7) is 0. The van der Waals surface area contributed by atoms with Gasteiger partial charge in [-0.2, -0.15) is 4.39 Å². The molecule has 0 bridgehead atoms. The van der Waals surface area contributed by atoms with Gasteiger partial charge in [0.15, 0.2) is 11.6 Å². The summed E-state index contributed by atoms with van der Waals surface area (Å²) in [6, 6.07) is 4.21. The van der Waals surface area contributed by atoms with Gasteiger partial charge < -0.3 is 9.47 Å². The fourth-order valence-corrected chi connectivity index (χ4v) is 1.60. The minimum atomic E-state index is -1.20. The normalized spacial score (nSPS) is 10.3. The van der Waals surface area contributed by atoms with Crippen LogP contribution in [-0.4, -0.2) is 12.0 Å². The van der Waals surface area contributed by atoms with Crippen molar-refractivity contribution in [3.8, 4) is 17.2 Å². The molecule has 0 amide bonds. The third-order valence-electron chi connectivity index (χ3n) is 2.53. The van der Waals surface area contributed by atoms with E-state index < -0.39 is 39.6 Å². The molecule has 2 aromatic rings. The minimum absolute atomic E-state index is 0.0457. The van der Waals surface area contributed by atoms with Crippen LogP contribution in [0.4, 0.5) is 18.9 Å². The van der Waals surface area contributed by atoms with Gasteiger partial charge in [-0.15, -0.1) is 0 Å². The molecule has 0 radical (unpaired) electrons. The van der Waals surface area contributed by atoms with Gasteiger partial charge in [0.25, 0.3) is 0 Å². The van der Waals surface area contributed by atoms with Crippen molar-refractivity contribution in [1.29, 1.82) is 0 Å². The monoisotopic (exact) mass is 299 g/mol. The van der Waals surface area contributed by atoms with Gasteiger partial charge in [0.1, 0.15) is 11.6 Å². The Morgan fingerprint density at radius 1 is 1.05 bits per heavy atom. The van der Waals surface area contributed by atoms with Crippen molar-refractivity contribution in [2.75, 3.05) is 7.11 Å². The van der Waals surface area contributed by atoms with Gasteiger partial charge in [0.2, 0.25) is 11.6 Å². The van der Waals surface area contributed by atoms with Crippen LogP contribution in [0.3, 0.4) is 0 Å². The summed E-state index contributed by atoms with van der Waals surface area (Å²) in [4.78, 5) is 9.85. The van der Waals surface area contributed by atoms with Gasteiger partial charge in [-0.05, 0) is 12.1 Å². The van der Waals surface area contributed by atoms with Crippen molar-refractivity contribution in [2.45, 2.75) is 0 Å². The zero-order valence-electron chi connectivity index (χ0n) is 10.6. The number of benzene rings is 2. The summed E-state index contributed by atoms with van der Waals surface area (Å²) in [7, 11) is 1.23. The lowest BCUT2D eigenvalue weighted by Crippen LogP contribution is -1.99. The van der Waals surface area contributed by atoms with Gasteiger partial charge in [0, 0.05) is 18.2 Å². The van der Waals surface area contributed by atoms with Crippen LogP contribution in [0.1, 0.15) is 0 Å². The lowest BCUT2D eigenvalue weighted by atomic mass is 10.2. The SMILES string of the molecule is COc1cc(F)c([N+](=O)[O-])c(Oc2ccc(F)cc2F)c1. The molecule has 0 unspecified atom stereocenters. The molecule has 0 aromatic heterocycles. The van der Waals surface area contributed by atoms with Crippen molar-refractivity contribution in [2.24, 2.45) is 0 Å². The zero-order valence-corrected chi connectivity index (χ0v) is 10.6. The highest BCUT2D eigenvalue weighted by molar-refractivity contribution is 5.53. The first-order valence-electron chi connectivity index (χ1n) is 5.57. The second-order valence-electron chi connectivity index (χ2n) is 3.89. The predicted octanol–water partition coefficient (Wildman–Crippen LogP) is 3.81. The van der Waals surface area contributed by atoms with Crippen molar-refractivity contribution in [1.82, 2.24) is 0 Å². The Hall–Kier alpha value is -2.77. The van der Waals surface area contributed by atoms with Gasteiger partial charge >= 0.3 is 5.69 Å². The van der Waals surface area contributed by atoms with Crippen LogP contribution in [0.2, 0.25) is 0 Å². The average molecular weight is 299 g/mol. The largest absolute Gasteiger partial charge is 0.497 e. The number of halogens is 3. The summed E-state index contributed by atoms with van der Waals surface area (Å²) in [5, 5.41) is 10.9. The molecule has 0 aliphatic heterocycles. The van der Waals surface area contributed by atoms with Crippen LogP contribution in [-0.2, 0) is 0 Å². The van der Waals surface area contributed by atoms with Crippen LogP contribution >= 0.6 is 0 Å².